The van der Waals surface area contributed by atoms with Gasteiger partial charge in [0, 0.05) is 34.8 Å². The highest BCUT2D eigenvalue weighted by atomic mass is 16.8. The third-order valence-electron chi connectivity index (χ3n) is 4.60. The smallest absolute Gasteiger partial charge is 0.342 e. The molecule has 7 atom stereocenters. The number of aliphatic hydroxyl groups is 1. The first kappa shape index (κ1) is 29.2. The van der Waals surface area contributed by atoms with E-state index in [9.17, 15) is 29.1 Å². The first-order valence-corrected chi connectivity index (χ1v) is 10.1. The molecule has 0 saturated carbocycles. The van der Waals surface area contributed by atoms with Gasteiger partial charge in [0.2, 0.25) is 11.5 Å². The summed E-state index contributed by atoms with van der Waals surface area (Å²) in [7, 11) is 2.16. The van der Waals surface area contributed by atoms with Crippen LogP contribution in [0, 0.1) is 0 Å². The van der Waals surface area contributed by atoms with E-state index in [1.54, 1.807) is 0 Å². The van der Waals surface area contributed by atoms with Crippen LogP contribution >= 0.6 is 0 Å². The minimum Gasteiger partial charge on any atom is -0.467 e. The van der Waals surface area contributed by atoms with E-state index in [2.05, 4.69) is 10.1 Å². The molecule has 1 amide bonds. The molecule has 1 heterocycles. The number of rotatable bonds is 10. The molecule has 1 rings (SSSR count). The summed E-state index contributed by atoms with van der Waals surface area (Å²) in [6, 6.07) is -1.31. The maximum Gasteiger partial charge on any atom is 0.342 e. The second kappa shape index (κ2) is 12.6. The number of nitrogens with one attached hydrogen (secondary N) is 1. The largest absolute Gasteiger partial charge is 0.467 e. The Bertz CT molecular complexity index is 768. The fourth-order valence-corrected chi connectivity index (χ4v) is 3.25. The molecule has 0 aromatic carbocycles. The number of carbonyl (C=O) groups excluding carboxylic acids is 5. The highest BCUT2D eigenvalue weighted by Gasteiger charge is 2.54. The molecule has 0 bridgehead atoms. The number of esters is 4. The number of hydrogen-bond donors (Lipinski definition) is 2. The van der Waals surface area contributed by atoms with Gasteiger partial charge in [-0.25, -0.2) is 4.79 Å². The summed E-state index contributed by atoms with van der Waals surface area (Å²) in [5.74, 6) is -3.96. The van der Waals surface area contributed by atoms with Crippen molar-refractivity contribution in [1.82, 2.24) is 5.32 Å². The Balaban J connectivity index is 3.48. The molecule has 0 aromatic heterocycles. The SMILES string of the molecule is COC(=O)[C@](C)(O)[C@H](OC)O[C@@H]1O[C@H](COC(C)=O)[C@@H](OC(C)=O)[C@H](OC(C)=O)[C@H]1NC(C)=O. The van der Waals surface area contributed by atoms with Gasteiger partial charge in [-0.3, -0.25) is 19.2 Å². The predicted octanol–water partition coefficient (Wildman–Crippen LogP) is -1.44. The van der Waals surface area contributed by atoms with Crippen LogP contribution in [-0.2, 0) is 57.1 Å². The fourth-order valence-electron chi connectivity index (χ4n) is 3.25. The average Bonchev–Trinajstić information content (AvgIpc) is 2.72. The number of hydrogen-bond acceptors (Lipinski definition) is 13. The van der Waals surface area contributed by atoms with E-state index in [1.807, 2.05) is 0 Å². The second-order valence-electron chi connectivity index (χ2n) is 7.56. The Kier molecular flexibility index (Phi) is 10.8. The van der Waals surface area contributed by atoms with Crippen molar-refractivity contribution in [3.63, 3.8) is 0 Å². The molecule has 0 aromatic rings. The predicted molar refractivity (Wildman–Crippen MR) is 109 cm³/mol. The first-order chi connectivity index (χ1) is 15.7. The summed E-state index contributed by atoms with van der Waals surface area (Å²) in [4.78, 5) is 58.9. The molecule has 14 heteroatoms. The molecule has 1 aliphatic rings. The molecule has 0 aliphatic carbocycles. The Morgan fingerprint density at radius 1 is 0.971 bits per heavy atom. The van der Waals surface area contributed by atoms with Gasteiger partial charge in [0.05, 0.1) is 7.11 Å². The van der Waals surface area contributed by atoms with Crippen LogP contribution in [0.1, 0.15) is 34.6 Å². The van der Waals surface area contributed by atoms with Crippen LogP contribution in [0.25, 0.3) is 0 Å². The quantitative estimate of drug-likeness (QED) is 0.205. The van der Waals surface area contributed by atoms with Gasteiger partial charge in [0.15, 0.2) is 24.8 Å². The summed E-state index contributed by atoms with van der Waals surface area (Å²) < 4.78 is 36.7. The van der Waals surface area contributed by atoms with Gasteiger partial charge in [0.25, 0.3) is 0 Å². The van der Waals surface area contributed by atoms with E-state index < -0.39 is 78.9 Å². The van der Waals surface area contributed by atoms with Gasteiger partial charge < -0.3 is 43.6 Å². The maximum atomic E-state index is 12.0. The third-order valence-corrected chi connectivity index (χ3v) is 4.60. The minimum absolute atomic E-state index is 0.456. The summed E-state index contributed by atoms with van der Waals surface area (Å²) in [5.41, 5.74) is -2.33. The van der Waals surface area contributed by atoms with Crippen LogP contribution in [0.2, 0.25) is 0 Å². The lowest BCUT2D eigenvalue weighted by Gasteiger charge is -2.46. The van der Waals surface area contributed by atoms with Gasteiger partial charge in [-0.1, -0.05) is 0 Å². The average molecular weight is 493 g/mol. The van der Waals surface area contributed by atoms with Gasteiger partial charge in [-0.15, -0.1) is 0 Å². The molecular formula is C20H31NO13. The van der Waals surface area contributed by atoms with E-state index >= 15 is 0 Å². The van der Waals surface area contributed by atoms with Crippen molar-refractivity contribution >= 4 is 29.8 Å². The van der Waals surface area contributed by atoms with E-state index in [-0.39, 0.29) is 0 Å². The van der Waals surface area contributed by atoms with E-state index in [0.717, 1.165) is 48.8 Å². The highest BCUT2D eigenvalue weighted by molar-refractivity contribution is 5.79. The van der Waals surface area contributed by atoms with Gasteiger partial charge in [0.1, 0.15) is 18.8 Å². The maximum absolute atomic E-state index is 12.0. The summed E-state index contributed by atoms with van der Waals surface area (Å²) in [6.45, 7) is 5.08. The van der Waals surface area contributed by atoms with Gasteiger partial charge >= 0.3 is 23.9 Å². The zero-order chi connectivity index (χ0) is 26.2. The Hall–Kier alpha value is -2.81. The molecule has 0 radical (unpaired) electrons. The van der Waals surface area contributed by atoms with Crippen molar-refractivity contribution in [2.75, 3.05) is 20.8 Å². The van der Waals surface area contributed by atoms with Crippen LogP contribution in [0.5, 0.6) is 0 Å². The lowest BCUT2D eigenvalue weighted by atomic mass is 9.95. The van der Waals surface area contributed by atoms with Crippen molar-refractivity contribution in [3.8, 4) is 0 Å². The van der Waals surface area contributed by atoms with Gasteiger partial charge in [-0.2, -0.15) is 0 Å². The molecule has 1 saturated heterocycles. The zero-order valence-electron chi connectivity index (χ0n) is 20.0. The lowest BCUT2D eigenvalue weighted by Crippen LogP contribution is -2.68. The van der Waals surface area contributed by atoms with E-state index in [0.29, 0.717) is 0 Å². The number of carbonyl (C=O) groups is 5. The lowest BCUT2D eigenvalue weighted by molar-refractivity contribution is -0.334. The third kappa shape index (κ3) is 7.90. The Morgan fingerprint density at radius 3 is 1.97 bits per heavy atom. The molecule has 194 valence electrons. The molecule has 0 unspecified atom stereocenters. The van der Waals surface area contributed by atoms with Crippen molar-refractivity contribution in [3.05, 3.63) is 0 Å². The van der Waals surface area contributed by atoms with Crippen LogP contribution in [0.15, 0.2) is 0 Å². The molecule has 1 fully saturated rings. The van der Waals surface area contributed by atoms with Crippen molar-refractivity contribution in [2.24, 2.45) is 0 Å². The minimum atomic E-state index is -2.33. The Morgan fingerprint density at radius 2 is 1.53 bits per heavy atom. The van der Waals surface area contributed by atoms with Gasteiger partial charge in [-0.05, 0) is 6.92 Å². The van der Waals surface area contributed by atoms with Crippen molar-refractivity contribution < 1.29 is 62.2 Å². The molecule has 2 N–H and O–H groups in total. The summed E-state index contributed by atoms with van der Waals surface area (Å²) >= 11 is 0. The van der Waals surface area contributed by atoms with Crippen LogP contribution in [0.3, 0.4) is 0 Å². The number of ether oxygens (including phenoxy) is 7. The first-order valence-electron chi connectivity index (χ1n) is 10.1. The van der Waals surface area contributed by atoms with Crippen molar-refractivity contribution in [1.29, 1.82) is 0 Å². The van der Waals surface area contributed by atoms with E-state index in [4.69, 9.17) is 28.4 Å². The summed E-state index contributed by atoms with van der Waals surface area (Å²) in [6.07, 6.45) is -7.21. The molecule has 14 nitrogen and oxygen atoms in total. The fraction of sp³-hybridized carbons (Fsp3) is 0.750. The monoisotopic (exact) mass is 493 g/mol. The normalized spacial score (nSPS) is 26.9. The molecule has 34 heavy (non-hydrogen) atoms. The molecular weight excluding hydrogens is 462 g/mol. The van der Waals surface area contributed by atoms with E-state index in [1.165, 1.54) is 0 Å². The number of amides is 1. The van der Waals surface area contributed by atoms with Crippen LogP contribution < -0.4 is 5.32 Å². The van der Waals surface area contributed by atoms with Crippen molar-refractivity contribution in [2.45, 2.75) is 77.2 Å². The molecule has 1 aliphatic heterocycles. The standard InChI is InChI=1S/C20H31NO13/c1-9(22)21-14-16(32-12(4)25)15(31-11(3)24)13(8-30-10(2)23)33-17(14)34-19(29-7)20(5,27)18(26)28-6/h13-17,19,27H,8H2,1-7H3,(H,21,22)/t13-,14-,15-,16-,17+,19-,20+/m1/s1. The zero-order valence-corrected chi connectivity index (χ0v) is 20.0. The number of methoxy groups -OCH3 is 2. The second-order valence-corrected chi connectivity index (χ2v) is 7.56. The highest BCUT2D eigenvalue weighted by Crippen LogP contribution is 2.30. The Labute approximate surface area is 196 Å². The molecule has 0 spiro atoms. The van der Waals surface area contributed by atoms with Crippen LogP contribution in [0.4, 0.5) is 0 Å². The summed E-state index contributed by atoms with van der Waals surface area (Å²) in [5, 5.41) is 13.1. The topological polar surface area (TPSA) is 182 Å². The van der Waals surface area contributed by atoms with Crippen LogP contribution in [-0.4, -0.2) is 98.3 Å².